The van der Waals surface area contributed by atoms with Crippen molar-refractivity contribution in [2.24, 2.45) is 5.92 Å². The lowest BCUT2D eigenvalue weighted by Gasteiger charge is -2.46. The van der Waals surface area contributed by atoms with Gasteiger partial charge in [0, 0.05) is 13.2 Å². The summed E-state index contributed by atoms with van der Waals surface area (Å²) in [5, 5.41) is 2.90. The summed E-state index contributed by atoms with van der Waals surface area (Å²) in [5.41, 5.74) is -0.811. The Hall–Kier alpha value is -1.10. The topological polar surface area (TPSA) is 58.6 Å². The van der Waals surface area contributed by atoms with E-state index in [9.17, 15) is 9.59 Å². The van der Waals surface area contributed by atoms with Crippen LogP contribution < -0.4 is 5.32 Å². The fourth-order valence-electron chi connectivity index (χ4n) is 3.53. The van der Waals surface area contributed by atoms with E-state index in [2.05, 4.69) is 5.32 Å². The van der Waals surface area contributed by atoms with Gasteiger partial charge in [0.15, 0.2) is 0 Å². The van der Waals surface area contributed by atoms with E-state index in [-0.39, 0.29) is 17.9 Å². The smallest absolute Gasteiger partial charge is 0.248 e. The van der Waals surface area contributed by atoms with E-state index in [4.69, 9.17) is 4.74 Å². The van der Waals surface area contributed by atoms with Crippen LogP contribution in [0.3, 0.4) is 0 Å². The average molecular weight is 296 g/mol. The molecule has 0 bridgehead atoms. The van der Waals surface area contributed by atoms with Crippen molar-refractivity contribution in [1.82, 2.24) is 10.2 Å². The minimum Gasteiger partial charge on any atom is -0.380 e. The summed E-state index contributed by atoms with van der Waals surface area (Å²) >= 11 is 0. The maximum Gasteiger partial charge on any atom is 0.248 e. The van der Waals surface area contributed by atoms with E-state index in [0.717, 1.165) is 25.7 Å². The number of ether oxygens (including phenoxy) is 1. The molecule has 1 heterocycles. The zero-order valence-corrected chi connectivity index (χ0v) is 13.5. The molecule has 5 heteroatoms. The number of nitrogens with one attached hydrogen (secondary N) is 1. The Balaban J connectivity index is 2.16. The van der Waals surface area contributed by atoms with Crippen molar-refractivity contribution in [1.29, 1.82) is 0 Å². The number of hydrogen-bond acceptors (Lipinski definition) is 3. The Bertz CT molecular complexity index is 389. The Morgan fingerprint density at radius 1 is 1.24 bits per heavy atom. The van der Waals surface area contributed by atoms with Crippen LogP contribution in [0.25, 0.3) is 0 Å². The third-order valence-electron chi connectivity index (χ3n) is 4.61. The molecule has 1 saturated heterocycles. The Morgan fingerprint density at radius 2 is 1.90 bits per heavy atom. The lowest BCUT2D eigenvalue weighted by molar-refractivity contribution is -0.157. The second kappa shape index (κ2) is 6.77. The van der Waals surface area contributed by atoms with Gasteiger partial charge in [-0.15, -0.1) is 0 Å². The van der Waals surface area contributed by atoms with Crippen LogP contribution in [-0.4, -0.2) is 48.1 Å². The molecule has 2 rings (SSSR count). The standard InChI is InChI=1S/C16H28N2O3/c1-4-21-11-10-18-13(12-8-6-5-7-9-12)14(19)17-16(2,3)15(18)20/h12-13H,4-11H2,1-3H3,(H,17,19). The number of piperazine rings is 1. The molecule has 2 fully saturated rings. The van der Waals surface area contributed by atoms with Crippen molar-refractivity contribution in [2.75, 3.05) is 19.8 Å². The molecule has 21 heavy (non-hydrogen) atoms. The number of amides is 2. The van der Waals surface area contributed by atoms with Crippen LogP contribution in [0.1, 0.15) is 52.9 Å². The second-order valence-electron chi connectivity index (χ2n) is 6.65. The zero-order valence-electron chi connectivity index (χ0n) is 13.5. The minimum absolute atomic E-state index is 0.00278. The molecule has 1 atom stereocenters. The van der Waals surface area contributed by atoms with Gasteiger partial charge in [-0.2, -0.15) is 0 Å². The fraction of sp³-hybridized carbons (Fsp3) is 0.875. The van der Waals surface area contributed by atoms with E-state index in [1.165, 1.54) is 6.42 Å². The second-order valence-corrected chi connectivity index (χ2v) is 6.65. The molecule has 1 aliphatic heterocycles. The van der Waals surface area contributed by atoms with Gasteiger partial charge in [-0.3, -0.25) is 9.59 Å². The van der Waals surface area contributed by atoms with E-state index >= 15 is 0 Å². The monoisotopic (exact) mass is 296 g/mol. The molecule has 5 nitrogen and oxygen atoms in total. The maximum absolute atomic E-state index is 12.7. The molecule has 1 unspecified atom stereocenters. The van der Waals surface area contributed by atoms with Crippen LogP contribution in [0.15, 0.2) is 0 Å². The average Bonchev–Trinajstić information content (AvgIpc) is 2.45. The first-order valence-electron chi connectivity index (χ1n) is 8.18. The van der Waals surface area contributed by atoms with Gasteiger partial charge < -0.3 is 15.0 Å². The molecule has 1 aliphatic carbocycles. The molecule has 0 aromatic heterocycles. The lowest BCUT2D eigenvalue weighted by atomic mass is 9.80. The molecule has 0 aromatic carbocycles. The number of hydrogen-bond donors (Lipinski definition) is 1. The van der Waals surface area contributed by atoms with Gasteiger partial charge in [0.05, 0.1) is 6.61 Å². The summed E-state index contributed by atoms with van der Waals surface area (Å²) in [6.07, 6.45) is 5.63. The highest BCUT2D eigenvalue weighted by Gasteiger charge is 2.47. The molecule has 0 radical (unpaired) electrons. The summed E-state index contributed by atoms with van der Waals surface area (Å²) in [6, 6.07) is -0.314. The van der Waals surface area contributed by atoms with E-state index in [1.807, 2.05) is 6.92 Å². The Morgan fingerprint density at radius 3 is 2.52 bits per heavy atom. The number of rotatable bonds is 5. The lowest BCUT2D eigenvalue weighted by Crippen LogP contribution is -2.70. The maximum atomic E-state index is 12.7. The van der Waals surface area contributed by atoms with Gasteiger partial charge in [-0.1, -0.05) is 19.3 Å². The summed E-state index contributed by atoms with van der Waals surface area (Å²) in [4.78, 5) is 27.0. The molecule has 2 aliphatic rings. The molecule has 1 N–H and O–H groups in total. The fourth-order valence-corrected chi connectivity index (χ4v) is 3.53. The first kappa shape index (κ1) is 16.3. The van der Waals surface area contributed by atoms with E-state index in [1.54, 1.807) is 18.7 Å². The molecule has 0 aromatic rings. The van der Waals surface area contributed by atoms with Gasteiger partial charge >= 0.3 is 0 Å². The van der Waals surface area contributed by atoms with Crippen molar-refractivity contribution in [3.05, 3.63) is 0 Å². The summed E-state index contributed by atoms with van der Waals surface area (Å²) in [7, 11) is 0. The summed E-state index contributed by atoms with van der Waals surface area (Å²) in [6.45, 7) is 7.12. The molecule has 2 amide bonds. The van der Waals surface area contributed by atoms with Crippen LogP contribution in [0.5, 0.6) is 0 Å². The predicted molar refractivity (Wildman–Crippen MR) is 80.8 cm³/mol. The Labute approximate surface area is 127 Å². The van der Waals surface area contributed by atoms with Gasteiger partial charge in [0.25, 0.3) is 0 Å². The molecular weight excluding hydrogens is 268 g/mol. The normalized spacial score (nSPS) is 26.8. The van der Waals surface area contributed by atoms with Crippen molar-refractivity contribution in [3.63, 3.8) is 0 Å². The number of nitrogens with zero attached hydrogens (tertiary/aromatic N) is 1. The van der Waals surface area contributed by atoms with E-state index < -0.39 is 5.54 Å². The Kier molecular flexibility index (Phi) is 5.25. The SMILES string of the molecule is CCOCCN1C(=O)C(C)(C)NC(=O)C1C1CCCCC1. The van der Waals surface area contributed by atoms with Crippen molar-refractivity contribution in [3.8, 4) is 0 Å². The van der Waals surface area contributed by atoms with E-state index in [0.29, 0.717) is 25.7 Å². The van der Waals surface area contributed by atoms with Crippen molar-refractivity contribution < 1.29 is 14.3 Å². The van der Waals surface area contributed by atoms with Crippen LogP contribution in [0, 0.1) is 5.92 Å². The third-order valence-corrected chi connectivity index (χ3v) is 4.61. The molecule has 120 valence electrons. The number of carbonyl (C=O) groups is 2. The quantitative estimate of drug-likeness (QED) is 0.786. The van der Waals surface area contributed by atoms with Gasteiger partial charge in [-0.05, 0) is 39.5 Å². The highest BCUT2D eigenvalue weighted by atomic mass is 16.5. The summed E-state index contributed by atoms with van der Waals surface area (Å²) in [5.74, 6) is 0.306. The third kappa shape index (κ3) is 3.57. The predicted octanol–water partition coefficient (Wildman–Crippen LogP) is 1.71. The highest BCUT2D eigenvalue weighted by Crippen LogP contribution is 2.32. The van der Waals surface area contributed by atoms with Crippen molar-refractivity contribution >= 4 is 11.8 Å². The van der Waals surface area contributed by atoms with Gasteiger partial charge in [0.2, 0.25) is 11.8 Å². The van der Waals surface area contributed by atoms with Crippen molar-refractivity contribution in [2.45, 2.75) is 64.5 Å². The first-order chi connectivity index (χ1) is 9.97. The zero-order chi connectivity index (χ0) is 15.5. The molecular formula is C16H28N2O3. The number of carbonyl (C=O) groups excluding carboxylic acids is 2. The van der Waals surface area contributed by atoms with Gasteiger partial charge in [0.1, 0.15) is 11.6 Å². The first-order valence-corrected chi connectivity index (χ1v) is 8.18. The largest absolute Gasteiger partial charge is 0.380 e. The molecule has 0 spiro atoms. The summed E-state index contributed by atoms with van der Waals surface area (Å²) < 4.78 is 5.40. The van der Waals surface area contributed by atoms with Crippen LogP contribution >= 0.6 is 0 Å². The highest BCUT2D eigenvalue weighted by molar-refractivity contribution is 5.99. The van der Waals surface area contributed by atoms with Crippen LogP contribution in [-0.2, 0) is 14.3 Å². The van der Waals surface area contributed by atoms with Crippen LogP contribution in [0.2, 0.25) is 0 Å². The van der Waals surface area contributed by atoms with Gasteiger partial charge in [-0.25, -0.2) is 0 Å². The van der Waals surface area contributed by atoms with Crippen LogP contribution in [0.4, 0.5) is 0 Å². The molecule has 1 saturated carbocycles. The minimum atomic E-state index is -0.811.